The van der Waals surface area contributed by atoms with E-state index in [1.54, 1.807) is 12.1 Å². The van der Waals surface area contributed by atoms with Gasteiger partial charge < -0.3 is 14.8 Å². The number of carbonyl (C=O) groups is 1. The maximum absolute atomic E-state index is 13.3. The molecule has 180 valence electrons. The third-order valence-corrected chi connectivity index (χ3v) is 7.82. The summed E-state index contributed by atoms with van der Waals surface area (Å²) >= 11 is 0. The summed E-state index contributed by atoms with van der Waals surface area (Å²) in [6, 6.07) is 12.6. The fourth-order valence-corrected chi connectivity index (χ4v) is 5.45. The largest absolute Gasteiger partial charge is 0.345 e. The molecule has 7 heteroatoms. The number of hydrogen-bond donors (Lipinski definition) is 1. The molecule has 0 bridgehead atoms. The lowest BCUT2D eigenvalue weighted by molar-refractivity contribution is 0.102. The lowest BCUT2D eigenvalue weighted by Gasteiger charge is -2.19. The van der Waals surface area contributed by atoms with Gasteiger partial charge in [-0.25, -0.2) is 8.42 Å². The van der Waals surface area contributed by atoms with Gasteiger partial charge in [-0.15, -0.1) is 0 Å². The molecular weight excluding hydrogens is 446 g/mol. The molecule has 34 heavy (non-hydrogen) atoms. The van der Waals surface area contributed by atoms with E-state index in [1.807, 2.05) is 13.1 Å². The fourth-order valence-electron chi connectivity index (χ4n) is 4.82. The summed E-state index contributed by atoms with van der Waals surface area (Å²) in [4.78, 5) is 16.0. The quantitative estimate of drug-likeness (QED) is 0.527. The highest BCUT2D eigenvalue weighted by molar-refractivity contribution is 7.90. The van der Waals surface area contributed by atoms with Crippen LogP contribution in [-0.4, -0.2) is 49.7 Å². The molecule has 1 N–H and O–H groups in total. The van der Waals surface area contributed by atoms with Crippen molar-refractivity contribution >= 4 is 21.4 Å². The Morgan fingerprint density at radius 2 is 1.56 bits per heavy atom. The molecule has 0 saturated carbocycles. The van der Waals surface area contributed by atoms with Crippen molar-refractivity contribution in [3.8, 4) is 11.3 Å². The summed E-state index contributed by atoms with van der Waals surface area (Å²) in [5, 5.41) is 2.94. The van der Waals surface area contributed by atoms with Crippen LogP contribution in [0.2, 0.25) is 0 Å². The molecule has 0 radical (unpaired) electrons. The van der Waals surface area contributed by atoms with Crippen LogP contribution in [0.4, 0.5) is 5.69 Å². The number of anilines is 1. The number of carbonyl (C=O) groups excluding carboxylic acids is 1. The fraction of sp³-hybridized carbons (Fsp3) is 0.370. The highest BCUT2D eigenvalue weighted by Gasteiger charge is 2.22. The molecule has 1 aromatic heterocycles. The Kier molecular flexibility index (Phi) is 6.96. The zero-order valence-electron chi connectivity index (χ0n) is 20.4. The van der Waals surface area contributed by atoms with Crippen LogP contribution < -0.4 is 5.32 Å². The number of hydrogen-bond acceptors (Lipinski definition) is 4. The highest BCUT2D eigenvalue weighted by Crippen LogP contribution is 2.33. The van der Waals surface area contributed by atoms with E-state index < -0.39 is 9.84 Å². The molecule has 1 saturated heterocycles. The number of amides is 1. The summed E-state index contributed by atoms with van der Waals surface area (Å²) < 4.78 is 25.7. The van der Waals surface area contributed by atoms with E-state index in [4.69, 9.17) is 0 Å². The molecule has 0 atom stereocenters. The van der Waals surface area contributed by atoms with Crippen LogP contribution in [0.15, 0.2) is 53.6 Å². The van der Waals surface area contributed by atoms with Gasteiger partial charge in [0.15, 0.2) is 9.84 Å². The molecule has 1 aliphatic heterocycles. The smallest absolute Gasteiger partial charge is 0.257 e. The number of aryl methyl sites for hydroxylation is 2. The SMILES string of the molecule is Cc1cccc(C)c1-c1c(C)c(C(=O)Nc2ccc(S(C)(=O)=O)cc2)cn1CCN1CCCC1. The number of aromatic nitrogens is 1. The van der Waals surface area contributed by atoms with Gasteiger partial charge in [-0.3, -0.25) is 4.79 Å². The zero-order chi connectivity index (χ0) is 24.5. The zero-order valence-corrected chi connectivity index (χ0v) is 21.2. The minimum atomic E-state index is -3.28. The average Bonchev–Trinajstić information content (AvgIpc) is 3.40. The monoisotopic (exact) mass is 479 g/mol. The third kappa shape index (κ3) is 5.10. The Hall–Kier alpha value is -2.90. The number of nitrogens with zero attached hydrogens (tertiary/aromatic N) is 2. The Morgan fingerprint density at radius 3 is 2.15 bits per heavy atom. The van der Waals surface area contributed by atoms with Gasteiger partial charge in [-0.05, 0) is 87.7 Å². The van der Waals surface area contributed by atoms with E-state index >= 15 is 0 Å². The second-order valence-corrected chi connectivity index (χ2v) is 11.3. The summed E-state index contributed by atoms with van der Waals surface area (Å²) in [5.74, 6) is -0.197. The number of likely N-dealkylation sites (tertiary alicyclic amines) is 1. The summed E-state index contributed by atoms with van der Waals surface area (Å²) in [6.07, 6.45) is 5.64. The van der Waals surface area contributed by atoms with Gasteiger partial charge >= 0.3 is 0 Å². The van der Waals surface area contributed by atoms with Crippen molar-refractivity contribution in [1.82, 2.24) is 9.47 Å². The van der Waals surface area contributed by atoms with Gasteiger partial charge in [0.1, 0.15) is 0 Å². The standard InChI is InChI=1S/C27H33N3O3S/c1-19-8-7-9-20(2)25(19)26-21(3)24(18-30(26)17-16-29-14-5-6-15-29)27(31)28-22-10-12-23(13-11-22)34(4,32)33/h7-13,18H,5-6,14-17H2,1-4H3,(H,28,31). The van der Waals surface area contributed by atoms with E-state index in [1.165, 1.54) is 47.9 Å². The van der Waals surface area contributed by atoms with Gasteiger partial charge in [0.25, 0.3) is 5.91 Å². The average molecular weight is 480 g/mol. The van der Waals surface area contributed by atoms with Crippen molar-refractivity contribution in [2.24, 2.45) is 0 Å². The van der Waals surface area contributed by atoms with Crippen molar-refractivity contribution in [3.63, 3.8) is 0 Å². The minimum Gasteiger partial charge on any atom is -0.345 e. The molecule has 3 aromatic rings. The molecule has 1 aliphatic rings. The number of benzene rings is 2. The normalized spacial score (nSPS) is 14.5. The number of rotatable bonds is 7. The molecule has 2 heterocycles. The van der Waals surface area contributed by atoms with Crippen LogP contribution in [0.5, 0.6) is 0 Å². The number of nitrogens with one attached hydrogen (secondary N) is 1. The molecule has 1 amide bonds. The topological polar surface area (TPSA) is 71.4 Å². The molecule has 2 aromatic carbocycles. The van der Waals surface area contributed by atoms with E-state index in [0.717, 1.165) is 37.4 Å². The lowest BCUT2D eigenvalue weighted by atomic mass is 9.96. The first-order valence-corrected chi connectivity index (χ1v) is 13.6. The Bertz CT molecular complexity index is 1280. The van der Waals surface area contributed by atoms with Gasteiger partial charge in [0.2, 0.25) is 0 Å². The molecular formula is C27H33N3O3S. The van der Waals surface area contributed by atoms with Gasteiger partial charge in [-0.1, -0.05) is 18.2 Å². The van der Waals surface area contributed by atoms with E-state index in [0.29, 0.717) is 11.3 Å². The van der Waals surface area contributed by atoms with Crippen LogP contribution in [0, 0.1) is 20.8 Å². The maximum atomic E-state index is 13.3. The Morgan fingerprint density at radius 1 is 0.941 bits per heavy atom. The Labute approximate surface area is 202 Å². The molecule has 0 unspecified atom stereocenters. The second kappa shape index (κ2) is 9.76. The summed E-state index contributed by atoms with van der Waals surface area (Å²) in [7, 11) is -3.28. The van der Waals surface area contributed by atoms with Gasteiger partial charge in [0, 0.05) is 36.8 Å². The lowest BCUT2D eigenvalue weighted by Crippen LogP contribution is -2.24. The van der Waals surface area contributed by atoms with E-state index in [2.05, 4.69) is 46.8 Å². The van der Waals surface area contributed by atoms with Crippen LogP contribution in [0.3, 0.4) is 0 Å². The predicted molar refractivity (Wildman–Crippen MR) is 137 cm³/mol. The Balaban J connectivity index is 1.67. The van der Waals surface area contributed by atoms with Crippen LogP contribution in [-0.2, 0) is 16.4 Å². The van der Waals surface area contributed by atoms with Gasteiger partial charge in [-0.2, -0.15) is 0 Å². The van der Waals surface area contributed by atoms with Crippen LogP contribution >= 0.6 is 0 Å². The van der Waals surface area contributed by atoms with Crippen molar-refractivity contribution in [2.75, 3.05) is 31.2 Å². The summed E-state index contributed by atoms with van der Waals surface area (Å²) in [5.41, 5.74) is 6.79. The van der Waals surface area contributed by atoms with Crippen molar-refractivity contribution in [3.05, 3.63) is 70.9 Å². The first-order chi connectivity index (χ1) is 16.1. The molecule has 6 nitrogen and oxygen atoms in total. The van der Waals surface area contributed by atoms with Crippen LogP contribution in [0.25, 0.3) is 11.3 Å². The predicted octanol–water partition coefficient (Wildman–Crippen LogP) is 4.83. The van der Waals surface area contributed by atoms with Crippen molar-refractivity contribution < 1.29 is 13.2 Å². The molecule has 0 aliphatic carbocycles. The first-order valence-electron chi connectivity index (χ1n) is 11.8. The van der Waals surface area contributed by atoms with Crippen LogP contribution in [0.1, 0.15) is 39.9 Å². The molecule has 4 rings (SSSR count). The van der Waals surface area contributed by atoms with E-state index in [9.17, 15) is 13.2 Å². The first kappa shape index (κ1) is 24.2. The van der Waals surface area contributed by atoms with Crippen molar-refractivity contribution in [2.45, 2.75) is 45.1 Å². The highest BCUT2D eigenvalue weighted by atomic mass is 32.2. The maximum Gasteiger partial charge on any atom is 0.257 e. The molecule has 1 fully saturated rings. The minimum absolute atomic E-state index is 0.197. The second-order valence-electron chi connectivity index (χ2n) is 9.28. The number of sulfone groups is 1. The van der Waals surface area contributed by atoms with Gasteiger partial charge in [0.05, 0.1) is 16.2 Å². The summed E-state index contributed by atoms with van der Waals surface area (Å²) in [6.45, 7) is 10.3. The van der Waals surface area contributed by atoms with E-state index in [-0.39, 0.29) is 10.8 Å². The van der Waals surface area contributed by atoms with Crippen molar-refractivity contribution in [1.29, 1.82) is 0 Å². The third-order valence-electron chi connectivity index (χ3n) is 6.69. The molecule has 0 spiro atoms.